The summed E-state index contributed by atoms with van der Waals surface area (Å²) in [7, 11) is 1.59. The summed E-state index contributed by atoms with van der Waals surface area (Å²) in [6, 6.07) is 7.61. The van der Waals surface area contributed by atoms with Crippen molar-refractivity contribution in [2.75, 3.05) is 0 Å². The van der Waals surface area contributed by atoms with Crippen LogP contribution in [0.2, 0.25) is 0 Å². The van der Waals surface area contributed by atoms with Gasteiger partial charge in [-0.25, -0.2) is 18.3 Å². The SMILES string of the molecule is Cn1c(=O)c2sccc2n2c(=O)n(Cc3ccc(F)cc3)nc12. The van der Waals surface area contributed by atoms with Crippen molar-refractivity contribution >= 4 is 27.3 Å². The van der Waals surface area contributed by atoms with Crippen molar-refractivity contribution in [3.8, 4) is 0 Å². The fourth-order valence-corrected chi connectivity index (χ4v) is 3.42. The summed E-state index contributed by atoms with van der Waals surface area (Å²) in [5.74, 6) is -0.0495. The Balaban J connectivity index is 1.97. The molecule has 0 aliphatic rings. The second-order valence-corrected chi connectivity index (χ2v) is 6.12. The molecule has 4 aromatic rings. The number of aromatic nitrogens is 4. The molecule has 0 radical (unpaired) electrons. The van der Waals surface area contributed by atoms with Gasteiger partial charge in [-0.05, 0) is 29.1 Å². The molecule has 3 heterocycles. The average Bonchev–Trinajstić information content (AvgIpc) is 3.13. The lowest BCUT2D eigenvalue weighted by Gasteiger charge is -1.99. The van der Waals surface area contributed by atoms with E-state index in [9.17, 15) is 14.0 Å². The van der Waals surface area contributed by atoms with Crippen molar-refractivity contribution in [3.05, 3.63) is 67.9 Å². The van der Waals surface area contributed by atoms with E-state index in [1.165, 1.54) is 37.1 Å². The van der Waals surface area contributed by atoms with Crippen LogP contribution in [0.5, 0.6) is 0 Å². The number of thiophene rings is 1. The molecule has 3 aromatic heterocycles. The maximum atomic E-state index is 13.0. The van der Waals surface area contributed by atoms with Gasteiger partial charge in [-0.3, -0.25) is 9.36 Å². The van der Waals surface area contributed by atoms with Gasteiger partial charge in [0, 0.05) is 7.05 Å². The van der Waals surface area contributed by atoms with Crippen molar-refractivity contribution in [3.63, 3.8) is 0 Å². The van der Waals surface area contributed by atoms with Crippen LogP contribution in [0.15, 0.2) is 45.3 Å². The molecule has 0 bridgehead atoms. The number of aryl methyl sites for hydroxylation is 1. The first-order valence-corrected chi connectivity index (χ1v) is 7.74. The molecular weight excluding hydrogens is 319 g/mol. The van der Waals surface area contributed by atoms with Crippen LogP contribution in [-0.2, 0) is 13.6 Å². The summed E-state index contributed by atoms with van der Waals surface area (Å²) in [4.78, 5) is 24.9. The Labute approximate surface area is 132 Å². The Morgan fingerprint density at radius 2 is 1.91 bits per heavy atom. The number of benzene rings is 1. The van der Waals surface area contributed by atoms with E-state index in [0.29, 0.717) is 10.2 Å². The van der Waals surface area contributed by atoms with Gasteiger partial charge in [0.2, 0.25) is 5.78 Å². The lowest BCUT2D eigenvalue weighted by atomic mass is 10.2. The Hall–Kier alpha value is -2.74. The first-order chi connectivity index (χ1) is 11.1. The molecule has 0 aliphatic carbocycles. The van der Waals surface area contributed by atoms with Crippen LogP contribution in [0.3, 0.4) is 0 Å². The molecule has 8 heteroatoms. The molecule has 0 saturated heterocycles. The molecule has 0 saturated carbocycles. The van der Waals surface area contributed by atoms with Crippen LogP contribution in [0.1, 0.15) is 5.56 Å². The number of fused-ring (bicyclic) bond motifs is 3. The van der Waals surface area contributed by atoms with E-state index in [2.05, 4.69) is 5.10 Å². The largest absolute Gasteiger partial charge is 0.352 e. The van der Waals surface area contributed by atoms with Gasteiger partial charge in [-0.15, -0.1) is 16.4 Å². The van der Waals surface area contributed by atoms with E-state index >= 15 is 0 Å². The molecule has 0 fully saturated rings. The van der Waals surface area contributed by atoms with Crippen LogP contribution in [0.25, 0.3) is 16.0 Å². The maximum absolute atomic E-state index is 13.0. The smallest absolute Gasteiger partial charge is 0.279 e. The fraction of sp³-hybridized carbons (Fsp3) is 0.133. The van der Waals surface area contributed by atoms with E-state index in [0.717, 1.165) is 5.56 Å². The number of hydrogen-bond donors (Lipinski definition) is 0. The predicted octanol–water partition coefficient (Wildman–Crippen LogP) is 1.60. The lowest BCUT2D eigenvalue weighted by molar-refractivity contribution is 0.622. The van der Waals surface area contributed by atoms with Gasteiger partial charge in [0.05, 0.1) is 12.1 Å². The normalized spacial score (nSPS) is 11.6. The molecular formula is C15H11FN4O2S. The maximum Gasteiger partial charge on any atom is 0.352 e. The van der Waals surface area contributed by atoms with E-state index in [1.807, 2.05) is 0 Å². The van der Waals surface area contributed by atoms with Crippen LogP contribution in [-0.4, -0.2) is 18.7 Å². The van der Waals surface area contributed by atoms with Crippen molar-refractivity contribution in [1.82, 2.24) is 18.7 Å². The van der Waals surface area contributed by atoms with Crippen molar-refractivity contribution < 1.29 is 4.39 Å². The fourth-order valence-electron chi connectivity index (χ4n) is 2.57. The van der Waals surface area contributed by atoms with Gasteiger partial charge in [-0.2, -0.15) is 0 Å². The van der Waals surface area contributed by atoms with Gasteiger partial charge in [0.1, 0.15) is 10.5 Å². The van der Waals surface area contributed by atoms with Crippen LogP contribution >= 0.6 is 11.3 Å². The summed E-state index contributed by atoms with van der Waals surface area (Å²) >= 11 is 1.29. The number of hydrogen-bond acceptors (Lipinski definition) is 4. The Morgan fingerprint density at radius 1 is 1.17 bits per heavy atom. The topological polar surface area (TPSA) is 61.3 Å². The van der Waals surface area contributed by atoms with Crippen molar-refractivity contribution in [2.45, 2.75) is 6.54 Å². The summed E-state index contributed by atoms with van der Waals surface area (Å²) in [6.45, 7) is 0.209. The molecule has 0 N–H and O–H groups in total. The summed E-state index contributed by atoms with van der Waals surface area (Å²) < 4.78 is 17.6. The lowest BCUT2D eigenvalue weighted by Crippen LogP contribution is -2.24. The molecule has 6 nitrogen and oxygen atoms in total. The molecule has 0 atom stereocenters. The highest BCUT2D eigenvalue weighted by Gasteiger charge is 2.16. The Morgan fingerprint density at radius 3 is 2.65 bits per heavy atom. The van der Waals surface area contributed by atoms with E-state index < -0.39 is 0 Å². The minimum absolute atomic E-state index is 0.179. The Kier molecular flexibility index (Phi) is 2.95. The van der Waals surface area contributed by atoms with Gasteiger partial charge in [0.25, 0.3) is 5.56 Å². The Bertz CT molecular complexity index is 1150. The van der Waals surface area contributed by atoms with E-state index in [1.54, 1.807) is 30.6 Å². The standard InChI is InChI=1S/C15H11FN4O2S/c1-18-13(21)12-11(6-7-23-12)20-14(18)17-19(15(20)22)8-9-2-4-10(16)5-3-9/h2-7H,8H2,1H3. The second kappa shape index (κ2) is 4.88. The quantitative estimate of drug-likeness (QED) is 0.561. The third kappa shape index (κ3) is 2.02. The molecule has 0 amide bonds. The zero-order valence-corrected chi connectivity index (χ0v) is 12.9. The van der Waals surface area contributed by atoms with Crippen molar-refractivity contribution in [1.29, 1.82) is 0 Å². The first-order valence-electron chi connectivity index (χ1n) is 6.86. The molecule has 1 aromatic carbocycles. The first kappa shape index (κ1) is 13.9. The van der Waals surface area contributed by atoms with Crippen LogP contribution in [0, 0.1) is 5.82 Å². The summed E-state index contributed by atoms with van der Waals surface area (Å²) in [6.07, 6.45) is 0. The number of rotatable bonds is 2. The third-order valence-electron chi connectivity index (χ3n) is 3.75. The highest BCUT2D eigenvalue weighted by atomic mass is 32.1. The highest BCUT2D eigenvalue weighted by molar-refractivity contribution is 7.17. The minimum atomic E-state index is -0.335. The monoisotopic (exact) mass is 330 g/mol. The van der Waals surface area contributed by atoms with Gasteiger partial charge >= 0.3 is 5.69 Å². The summed E-state index contributed by atoms with van der Waals surface area (Å²) in [5, 5.41) is 6.03. The zero-order valence-electron chi connectivity index (χ0n) is 12.1. The summed E-state index contributed by atoms with van der Waals surface area (Å²) in [5.41, 5.74) is 0.802. The van der Waals surface area contributed by atoms with Gasteiger partial charge in [0.15, 0.2) is 0 Å². The number of nitrogens with zero attached hydrogens (tertiary/aromatic N) is 4. The molecule has 23 heavy (non-hydrogen) atoms. The molecule has 4 rings (SSSR count). The minimum Gasteiger partial charge on any atom is -0.279 e. The van der Waals surface area contributed by atoms with E-state index in [4.69, 9.17) is 0 Å². The third-order valence-corrected chi connectivity index (χ3v) is 4.64. The van der Waals surface area contributed by atoms with Crippen molar-refractivity contribution in [2.24, 2.45) is 7.05 Å². The average molecular weight is 330 g/mol. The second-order valence-electron chi connectivity index (χ2n) is 5.20. The number of halogens is 1. The molecule has 116 valence electrons. The van der Waals surface area contributed by atoms with Crippen LogP contribution < -0.4 is 11.2 Å². The van der Waals surface area contributed by atoms with Gasteiger partial charge < -0.3 is 0 Å². The predicted molar refractivity (Wildman–Crippen MR) is 85.6 cm³/mol. The molecule has 0 unspecified atom stereocenters. The zero-order chi connectivity index (χ0) is 16.1. The molecule has 0 spiro atoms. The van der Waals surface area contributed by atoms with Crippen LogP contribution in [0.4, 0.5) is 4.39 Å². The van der Waals surface area contributed by atoms with E-state index in [-0.39, 0.29) is 29.4 Å². The highest BCUT2D eigenvalue weighted by Crippen LogP contribution is 2.16. The van der Waals surface area contributed by atoms with Gasteiger partial charge in [-0.1, -0.05) is 12.1 Å². The molecule has 0 aliphatic heterocycles.